The number of hydrogen-bond acceptors (Lipinski definition) is 5. The number of thiazole rings is 1. The van der Waals surface area contributed by atoms with Gasteiger partial charge in [0.15, 0.2) is 0 Å². The summed E-state index contributed by atoms with van der Waals surface area (Å²) in [6, 6.07) is 17.8. The Kier molecular flexibility index (Phi) is 6.29. The third-order valence-corrected chi connectivity index (χ3v) is 8.09. The molecule has 4 aromatic rings. The van der Waals surface area contributed by atoms with E-state index in [1.165, 1.54) is 28.8 Å². The molecule has 7 nitrogen and oxygen atoms in total. The summed E-state index contributed by atoms with van der Waals surface area (Å²) in [6.45, 7) is 1.41. The predicted octanol–water partition coefficient (Wildman–Crippen LogP) is 4.40. The van der Waals surface area contributed by atoms with Crippen molar-refractivity contribution in [2.45, 2.75) is 11.8 Å². The second-order valence-electron chi connectivity index (χ2n) is 7.46. The molecule has 0 saturated heterocycles. The Bertz CT molecular complexity index is 1510. The predicted molar refractivity (Wildman–Crippen MR) is 133 cm³/mol. The smallest absolute Gasteiger partial charge is 0.307 e. The number of rotatable bonds is 6. The van der Waals surface area contributed by atoms with Crippen molar-refractivity contribution in [2.75, 3.05) is 16.2 Å². The molecule has 3 aromatic carbocycles. The van der Waals surface area contributed by atoms with Crippen molar-refractivity contribution in [3.63, 3.8) is 0 Å². The number of hydrogen-bond donors (Lipinski definition) is 1. The van der Waals surface area contributed by atoms with Crippen molar-refractivity contribution in [2.24, 2.45) is 7.05 Å². The molecule has 0 aliphatic heterocycles. The molecular formula is C23H20ClN3O4S2. The van der Waals surface area contributed by atoms with Gasteiger partial charge in [0.05, 0.1) is 20.8 Å². The number of benzene rings is 3. The van der Waals surface area contributed by atoms with Gasteiger partial charge in [-0.15, -0.1) is 0 Å². The van der Waals surface area contributed by atoms with Gasteiger partial charge in [-0.05, 0) is 67.1 Å². The molecule has 170 valence electrons. The summed E-state index contributed by atoms with van der Waals surface area (Å²) in [5.74, 6) is -0.517. The number of aromatic nitrogens is 1. The van der Waals surface area contributed by atoms with Crippen molar-refractivity contribution in [3.8, 4) is 0 Å². The van der Waals surface area contributed by atoms with Gasteiger partial charge < -0.3 is 9.88 Å². The molecule has 10 heteroatoms. The zero-order chi connectivity index (χ0) is 23.8. The lowest BCUT2D eigenvalue weighted by Gasteiger charge is -2.24. The van der Waals surface area contributed by atoms with Gasteiger partial charge >= 0.3 is 4.87 Å². The van der Waals surface area contributed by atoms with Crippen LogP contribution in [0.1, 0.15) is 5.56 Å². The Morgan fingerprint density at radius 2 is 1.82 bits per heavy atom. The molecule has 1 N–H and O–H groups in total. The van der Waals surface area contributed by atoms with Crippen LogP contribution >= 0.6 is 22.9 Å². The first-order valence-electron chi connectivity index (χ1n) is 9.89. The van der Waals surface area contributed by atoms with E-state index in [4.69, 9.17) is 11.6 Å². The first kappa shape index (κ1) is 23.0. The minimum Gasteiger partial charge on any atom is -0.324 e. The minimum absolute atomic E-state index is 0.0247. The Hall–Kier alpha value is -3.14. The van der Waals surface area contributed by atoms with E-state index in [0.717, 1.165) is 31.4 Å². The highest BCUT2D eigenvalue weighted by Crippen LogP contribution is 2.26. The molecule has 4 rings (SSSR count). The molecule has 0 aliphatic carbocycles. The van der Waals surface area contributed by atoms with Crippen LogP contribution in [-0.2, 0) is 21.9 Å². The van der Waals surface area contributed by atoms with Gasteiger partial charge in [-0.2, -0.15) is 0 Å². The maximum Gasteiger partial charge on any atom is 0.307 e. The molecule has 0 bridgehead atoms. The summed E-state index contributed by atoms with van der Waals surface area (Å²) in [7, 11) is -2.36. The molecule has 0 saturated carbocycles. The molecule has 0 unspecified atom stereocenters. The highest BCUT2D eigenvalue weighted by atomic mass is 35.5. The van der Waals surface area contributed by atoms with E-state index in [-0.39, 0.29) is 9.77 Å². The maximum atomic E-state index is 13.4. The van der Waals surface area contributed by atoms with E-state index >= 15 is 0 Å². The topological polar surface area (TPSA) is 88.5 Å². The van der Waals surface area contributed by atoms with Crippen molar-refractivity contribution in [1.82, 2.24) is 4.57 Å². The number of carbonyl (C=O) groups excluding carboxylic acids is 1. The van der Waals surface area contributed by atoms with Crippen molar-refractivity contribution < 1.29 is 13.2 Å². The number of anilines is 2. The number of fused-ring (bicyclic) bond motifs is 1. The van der Waals surface area contributed by atoms with E-state index < -0.39 is 22.5 Å². The second-order valence-corrected chi connectivity index (χ2v) is 10.8. The van der Waals surface area contributed by atoms with Crippen LogP contribution in [0.5, 0.6) is 0 Å². The van der Waals surface area contributed by atoms with Crippen molar-refractivity contribution in [3.05, 3.63) is 87.0 Å². The first-order chi connectivity index (χ1) is 15.6. The van der Waals surface area contributed by atoms with Gasteiger partial charge in [0, 0.05) is 17.8 Å². The molecule has 0 aliphatic rings. The molecule has 0 spiro atoms. The van der Waals surface area contributed by atoms with Gasteiger partial charge in [-0.3, -0.25) is 13.9 Å². The van der Waals surface area contributed by atoms with Crippen molar-refractivity contribution >= 4 is 60.5 Å². The lowest BCUT2D eigenvalue weighted by atomic mass is 10.2. The summed E-state index contributed by atoms with van der Waals surface area (Å²) in [4.78, 5) is 24.7. The SMILES string of the molecule is Cc1cccc(N(CC(=O)Nc2ccc3c(c2)sc(=O)n3C)S(=O)(=O)c2ccc(Cl)cc2)c1. The highest BCUT2D eigenvalue weighted by Gasteiger charge is 2.27. The Labute approximate surface area is 199 Å². The van der Waals surface area contributed by atoms with Crippen LogP contribution in [-0.4, -0.2) is 25.4 Å². The van der Waals surface area contributed by atoms with Crippen LogP contribution in [0.25, 0.3) is 10.2 Å². The van der Waals surface area contributed by atoms with Crippen LogP contribution in [0, 0.1) is 6.92 Å². The molecule has 0 atom stereocenters. The summed E-state index contributed by atoms with van der Waals surface area (Å²) in [6.07, 6.45) is 0. The number of nitrogens with zero attached hydrogens (tertiary/aromatic N) is 2. The molecule has 33 heavy (non-hydrogen) atoms. The van der Waals surface area contributed by atoms with E-state index in [9.17, 15) is 18.0 Å². The number of aryl methyl sites for hydroxylation is 2. The van der Waals surface area contributed by atoms with Crippen molar-refractivity contribution in [1.29, 1.82) is 0 Å². The third-order valence-electron chi connectivity index (χ3n) is 5.05. The molecular weight excluding hydrogens is 482 g/mol. The third kappa shape index (κ3) is 4.80. The van der Waals surface area contributed by atoms with Crippen LogP contribution in [0.2, 0.25) is 5.02 Å². The van der Waals surface area contributed by atoms with E-state index in [0.29, 0.717) is 16.4 Å². The van der Waals surface area contributed by atoms with Gasteiger partial charge in [-0.25, -0.2) is 8.42 Å². The summed E-state index contributed by atoms with van der Waals surface area (Å²) < 4.78 is 30.2. The van der Waals surface area contributed by atoms with Crippen LogP contribution < -0.4 is 14.5 Å². The van der Waals surface area contributed by atoms with E-state index in [2.05, 4.69) is 5.32 Å². The van der Waals surface area contributed by atoms with Crippen LogP contribution in [0.3, 0.4) is 0 Å². The Morgan fingerprint density at radius 3 is 2.52 bits per heavy atom. The number of amides is 1. The van der Waals surface area contributed by atoms with Gasteiger partial charge in [-0.1, -0.05) is 35.1 Å². The molecule has 1 heterocycles. The fourth-order valence-corrected chi connectivity index (χ4v) is 5.83. The van der Waals surface area contributed by atoms with Crippen LogP contribution in [0.4, 0.5) is 11.4 Å². The lowest BCUT2D eigenvalue weighted by Crippen LogP contribution is -2.38. The maximum absolute atomic E-state index is 13.4. The van der Waals surface area contributed by atoms with E-state index in [1.54, 1.807) is 43.4 Å². The fraction of sp³-hybridized carbons (Fsp3) is 0.130. The fourth-order valence-electron chi connectivity index (χ4n) is 3.37. The highest BCUT2D eigenvalue weighted by molar-refractivity contribution is 7.92. The molecule has 0 fully saturated rings. The summed E-state index contributed by atoms with van der Waals surface area (Å²) in [5, 5.41) is 3.15. The summed E-state index contributed by atoms with van der Waals surface area (Å²) >= 11 is 6.99. The quantitative estimate of drug-likeness (QED) is 0.424. The number of sulfonamides is 1. The largest absolute Gasteiger partial charge is 0.324 e. The minimum atomic E-state index is -4.04. The normalized spacial score (nSPS) is 11.5. The van der Waals surface area contributed by atoms with Gasteiger partial charge in [0.1, 0.15) is 6.54 Å². The standard InChI is InChI=1S/C23H20ClN3O4S2/c1-15-4-3-5-18(12-15)27(33(30,31)19-9-6-16(24)7-10-19)14-22(28)25-17-8-11-20-21(13-17)32-23(29)26(20)2/h3-13H,14H2,1-2H3,(H,25,28). The van der Waals surface area contributed by atoms with Gasteiger partial charge in [0.2, 0.25) is 5.91 Å². The number of nitrogens with one attached hydrogen (secondary N) is 1. The molecule has 1 amide bonds. The lowest BCUT2D eigenvalue weighted by molar-refractivity contribution is -0.114. The number of halogens is 1. The monoisotopic (exact) mass is 501 g/mol. The van der Waals surface area contributed by atoms with Gasteiger partial charge in [0.25, 0.3) is 10.0 Å². The Morgan fingerprint density at radius 1 is 1.09 bits per heavy atom. The average molecular weight is 502 g/mol. The average Bonchev–Trinajstić information content (AvgIpc) is 3.05. The first-order valence-corrected chi connectivity index (χ1v) is 12.5. The second kappa shape index (κ2) is 9.01. The summed E-state index contributed by atoms with van der Waals surface area (Å²) in [5.41, 5.74) is 2.46. The number of carbonyl (C=O) groups is 1. The molecule has 1 aromatic heterocycles. The zero-order valence-corrected chi connectivity index (χ0v) is 20.2. The Balaban J connectivity index is 1.65. The van der Waals surface area contributed by atoms with Crippen LogP contribution in [0.15, 0.2) is 76.4 Å². The zero-order valence-electron chi connectivity index (χ0n) is 17.8. The van der Waals surface area contributed by atoms with E-state index in [1.807, 2.05) is 13.0 Å². The molecule has 0 radical (unpaired) electrons.